The zero-order valence-electron chi connectivity index (χ0n) is 13.7. The van der Waals surface area contributed by atoms with E-state index in [9.17, 15) is 13.2 Å². The predicted molar refractivity (Wildman–Crippen MR) is 86.9 cm³/mol. The number of ether oxygens (including phenoxy) is 2. The molecule has 0 fully saturated rings. The summed E-state index contributed by atoms with van der Waals surface area (Å²) >= 11 is 0. The van der Waals surface area contributed by atoms with Crippen LogP contribution in [0.5, 0.6) is 5.75 Å². The van der Waals surface area contributed by atoms with Crippen molar-refractivity contribution < 1.29 is 22.7 Å². The van der Waals surface area contributed by atoms with Crippen LogP contribution in [0.1, 0.15) is 20.3 Å². The van der Waals surface area contributed by atoms with E-state index in [-0.39, 0.29) is 10.8 Å². The molecule has 0 aliphatic carbocycles. The Labute approximate surface area is 137 Å². The van der Waals surface area contributed by atoms with E-state index in [0.29, 0.717) is 31.9 Å². The molecule has 1 aromatic carbocycles. The molecule has 0 heterocycles. The number of benzene rings is 1. The first kappa shape index (κ1) is 19.4. The second-order valence-corrected chi connectivity index (χ2v) is 6.60. The lowest BCUT2D eigenvalue weighted by molar-refractivity contribution is -0.122. The maximum absolute atomic E-state index is 12.2. The summed E-state index contributed by atoms with van der Waals surface area (Å²) in [5.41, 5.74) is 0. The Hall–Kier alpha value is -1.64. The summed E-state index contributed by atoms with van der Waals surface area (Å²) in [5, 5.41) is 2.65. The molecule has 2 N–H and O–H groups in total. The molecule has 130 valence electrons. The minimum Gasteiger partial charge on any atom is -0.494 e. The number of hydrogen-bond acceptors (Lipinski definition) is 5. The Morgan fingerprint density at radius 3 is 2.48 bits per heavy atom. The van der Waals surface area contributed by atoms with E-state index in [1.54, 1.807) is 19.2 Å². The highest BCUT2D eigenvalue weighted by Crippen LogP contribution is 2.16. The number of carbonyl (C=O) groups is 1. The van der Waals surface area contributed by atoms with Gasteiger partial charge in [0.1, 0.15) is 5.75 Å². The van der Waals surface area contributed by atoms with Crippen LogP contribution in [0.25, 0.3) is 0 Å². The minimum atomic E-state index is -3.76. The van der Waals surface area contributed by atoms with Gasteiger partial charge in [-0.15, -0.1) is 0 Å². The first-order valence-electron chi connectivity index (χ1n) is 7.42. The SMILES string of the molecule is CCOc1ccc(S(=O)(=O)N[C@H](C)C(=O)NCCCOC)cc1. The van der Waals surface area contributed by atoms with Gasteiger partial charge in [-0.05, 0) is 44.5 Å². The number of sulfonamides is 1. The van der Waals surface area contributed by atoms with Gasteiger partial charge in [0.05, 0.1) is 17.5 Å². The zero-order valence-corrected chi connectivity index (χ0v) is 14.5. The van der Waals surface area contributed by atoms with Gasteiger partial charge in [-0.2, -0.15) is 4.72 Å². The van der Waals surface area contributed by atoms with Crippen LogP contribution in [0.3, 0.4) is 0 Å². The number of nitrogens with one attached hydrogen (secondary N) is 2. The van der Waals surface area contributed by atoms with Gasteiger partial charge < -0.3 is 14.8 Å². The van der Waals surface area contributed by atoms with Crippen LogP contribution < -0.4 is 14.8 Å². The molecule has 0 aromatic heterocycles. The van der Waals surface area contributed by atoms with Crippen LogP contribution in [-0.2, 0) is 19.6 Å². The van der Waals surface area contributed by atoms with Crippen LogP contribution in [0.4, 0.5) is 0 Å². The van der Waals surface area contributed by atoms with Crippen molar-refractivity contribution in [3.05, 3.63) is 24.3 Å². The maximum atomic E-state index is 12.2. The molecule has 0 unspecified atom stereocenters. The Morgan fingerprint density at radius 1 is 1.26 bits per heavy atom. The quantitative estimate of drug-likeness (QED) is 0.615. The van der Waals surface area contributed by atoms with Crippen LogP contribution in [-0.4, -0.2) is 47.2 Å². The summed E-state index contributed by atoms with van der Waals surface area (Å²) in [6, 6.07) is 5.17. The third kappa shape index (κ3) is 6.55. The van der Waals surface area contributed by atoms with Gasteiger partial charge in [0.25, 0.3) is 0 Å². The Kier molecular flexibility index (Phi) is 8.01. The third-order valence-corrected chi connectivity index (χ3v) is 4.55. The highest BCUT2D eigenvalue weighted by Gasteiger charge is 2.21. The first-order valence-corrected chi connectivity index (χ1v) is 8.91. The molecule has 8 heteroatoms. The number of methoxy groups -OCH3 is 1. The van der Waals surface area contributed by atoms with E-state index in [1.165, 1.54) is 19.1 Å². The number of hydrogen-bond donors (Lipinski definition) is 2. The number of amides is 1. The monoisotopic (exact) mass is 344 g/mol. The Morgan fingerprint density at radius 2 is 1.91 bits per heavy atom. The van der Waals surface area contributed by atoms with Crippen molar-refractivity contribution >= 4 is 15.9 Å². The highest BCUT2D eigenvalue weighted by molar-refractivity contribution is 7.89. The van der Waals surface area contributed by atoms with E-state index in [4.69, 9.17) is 9.47 Å². The van der Waals surface area contributed by atoms with Gasteiger partial charge in [-0.3, -0.25) is 4.79 Å². The van der Waals surface area contributed by atoms with E-state index in [2.05, 4.69) is 10.0 Å². The molecule has 0 bridgehead atoms. The summed E-state index contributed by atoms with van der Waals surface area (Å²) in [7, 11) is -2.18. The summed E-state index contributed by atoms with van der Waals surface area (Å²) in [6.07, 6.45) is 0.667. The number of rotatable bonds is 10. The largest absolute Gasteiger partial charge is 0.494 e. The minimum absolute atomic E-state index is 0.0833. The molecule has 1 atom stereocenters. The van der Waals surface area contributed by atoms with Gasteiger partial charge in [-0.25, -0.2) is 8.42 Å². The molecular weight excluding hydrogens is 320 g/mol. The number of carbonyl (C=O) groups excluding carboxylic acids is 1. The second kappa shape index (κ2) is 9.49. The van der Waals surface area contributed by atoms with Gasteiger partial charge in [0, 0.05) is 20.3 Å². The predicted octanol–water partition coefficient (Wildman–Crippen LogP) is 0.905. The molecule has 0 saturated carbocycles. The third-order valence-electron chi connectivity index (χ3n) is 2.99. The second-order valence-electron chi connectivity index (χ2n) is 4.88. The van der Waals surface area contributed by atoms with Crippen molar-refractivity contribution in [1.29, 1.82) is 0 Å². The summed E-state index contributed by atoms with van der Waals surface area (Å²) in [4.78, 5) is 11.9. The lowest BCUT2D eigenvalue weighted by Gasteiger charge is -2.14. The fourth-order valence-electron chi connectivity index (χ4n) is 1.82. The summed E-state index contributed by atoms with van der Waals surface area (Å²) < 4.78 is 37.0. The van der Waals surface area contributed by atoms with Crippen molar-refractivity contribution in [3.8, 4) is 5.75 Å². The van der Waals surface area contributed by atoms with Crippen molar-refractivity contribution in [2.75, 3.05) is 26.9 Å². The molecule has 1 rings (SSSR count). The average molecular weight is 344 g/mol. The average Bonchev–Trinajstić information content (AvgIpc) is 2.52. The van der Waals surface area contributed by atoms with Crippen molar-refractivity contribution in [3.63, 3.8) is 0 Å². The van der Waals surface area contributed by atoms with Crippen LogP contribution >= 0.6 is 0 Å². The van der Waals surface area contributed by atoms with Crippen LogP contribution in [0, 0.1) is 0 Å². The molecule has 1 aromatic rings. The molecule has 0 saturated heterocycles. The normalized spacial score (nSPS) is 12.7. The van der Waals surface area contributed by atoms with Crippen molar-refractivity contribution in [2.45, 2.75) is 31.2 Å². The standard InChI is InChI=1S/C15H24N2O5S/c1-4-22-13-6-8-14(9-7-13)23(19,20)17-12(2)15(18)16-10-5-11-21-3/h6-9,12,17H,4-5,10-11H2,1-3H3,(H,16,18)/t12-/m1/s1. The lowest BCUT2D eigenvalue weighted by Crippen LogP contribution is -2.45. The summed E-state index contributed by atoms with van der Waals surface area (Å²) in [6.45, 7) is 4.82. The smallest absolute Gasteiger partial charge is 0.241 e. The molecule has 0 radical (unpaired) electrons. The molecular formula is C15H24N2O5S. The zero-order chi connectivity index (χ0) is 17.3. The first-order chi connectivity index (χ1) is 10.9. The van der Waals surface area contributed by atoms with E-state index < -0.39 is 16.1 Å². The van der Waals surface area contributed by atoms with Gasteiger partial charge in [0.15, 0.2) is 0 Å². The molecule has 0 aliphatic rings. The molecule has 1 amide bonds. The van der Waals surface area contributed by atoms with E-state index in [0.717, 1.165) is 0 Å². The molecule has 7 nitrogen and oxygen atoms in total. The topological polar surface area (TPSA) is 93.7 Å². The molecule has 0 spiro atoms. The van der Waals surface area contributed by atoms with E-state index >= 15 is 0 Å². The Balaban J connectivity index is 2.60. The fourth-order valence-corrected chi connectivity index (χ4v) is 3.02. The lowest BCUT2D eigenvalue weighted by atomic mass is 10.3. The highest BCUT2D eigenvalue weighted by atomic mass is 32.2. The van der Waals surface area contributed by atoms with Crippen molar-refractivity contribution in [1.82, 2.24) is 10.0 Å². The van der Waals surface area contributed by atoms with Crippen molar-refractivity contribution in [2.24, 2.45) is 0 Å². The summed E-state index contributed by atoms with van der Waals surface area (Å²) in [5.74, 6) is 0.214. The molecule has 0 aliphatic heterocycles. The maximum Gasteiger partial charge on any atom is 0.241 e. The van der Waals surface area contributed by atoms with Gasteiger partial charge in [-0.1, -0.05) is 0 Å². The van der Waals surface area contributed by atoms with Gasteiger partial charge >= 0.3 is 0 Å². The fraction of sp³-hybridized carbons (Fsp3) is 0.533. The van der Waals surface area contributed by atoms with E-state index in [1.807, 2.05) is 6.92 Å². The van der Waals surface area contributed by atoms with Gasteiger partial charge in [0.2, 0.25) is 15.9 Å². The Bertz CT molecular complexity index is 586. The van der Waals surface area contributed by atoms with Crippen LogP contribution in [0.2, 0.25) is 0 Å². The molecule has 23 heavy (non-hydrogen) atoms. The van der Waals surface area contributed by atoms with Crippen LogP contribution in [0.15, 0.2) is 29.2 Å².